The smallest absolute Gasteiger partial charge is 0.309 e. The van der Waals surface area contributed by atoms with Gasteiger partial charge in [-0.1, -0.05) is 53.7 Å². The number of piperidine rings is 1. The van der Waals surface area contributed by atoms with Gasteiger partial charge in [-0.15, -0.1) is 0 Å². The van der Waals surface area contributed by atoms with Crippen LogP contribution in [0, 0.1) is 12.8 Å². The van der Waals surface area contributed by atoms with Crippen molar-refractivity contribution in [2.45, 2.75) is 38.3 Å². The standard InChI is InChI=1S/C26H29N3O4S/c1-3-33-26(32)20-12-14-28(15-13-20)23(30)17-34-24-25(31)29(16-19-10-8-18(2)9-11-19)22-7-5-4-6-21(22)27-24/h4-11,20H,3,12-17H2,1-2H3. The van der Waals surface area contributed by atoms with Gasteiger partial charge in [0.25, 0.3) is 5.56 Å². The first-order valence-corrected chi connectivity index (χ1v) is 12.6. The number of amides is 1. The van der Waals surface area contributed by atoms with Crippen molar-refractivity contribution >= 4 is 34.7 Å². The first-order chi connectivity index (χ1) is 16.5. The topological polar surface area (TPSA) is 81.5 Å². The lowest BCUT2D eigenvalue weighted by Crippen LogP contribution is -2.41. The molecule has 0 unspecified atom stereocenters. The number of benzene rings is 2. The maximum absolute atomic E-state index is 13.3. The second-order valence-electron chi connectivity index (χ2n) is 8.48. The minimum atomic E-state index is -0.196. The molecule has 0 radical (unpaired) electrons. The summed E-state index contributed by atoms with van der Waals surface area (Å²) >= 11 is 1.18. The number of esters is 1. The van der Waals surface area contributed by atoms with Crippen molar-refractivity contribution in [2.24, 2.45) is 5.92 Å². The number of rotatable bonds is 7. The predicted molar refractivity (Wildman–Crippen MR) is 133 cm³/mol. The van der Waals surface area contributed by atoms with E-state index in [9.17, 15) is 14.4 Å². The maximum Gasteiger partial charge on any atom is 0.309 e. The van der Waals surface area contributed by atoms with E-state index in [4.69, 9.17) is 4.74 Å². The summed E-state index contributed by atoms with van der Waals surface area (Å²) in [7, 11) is 0. The second kappa shape index (κ2) is 10.9. The summed E-state index contributed by atoms with van der Waals surface area (Å²) in [5, 5.41) is 0.320. The van der Waals surface area contributed by atoms with Crippen LogP contribution in [0.25, 0.3) is 11.0 Å². The average molecular weight is 480 g/mol. The van der Waals surface area contributed by atoms with Crippen molar-refractivity contribution in [1.29, 1.82) is 0 Å². The van der Waals surface area contributed by atoms with Gasteiger partial charge in [0, 0.05) is 13.1 Å². The number of aromatic nitrogens is 2. The first-order valence-electron chi connectivity index (χ1n) is 11.6. The number of aryl methyl sites for hydroxylation is 1. The molecule has 1 aromatic heterocycles. The molecule has 1 fully saturated rings. The quantitative estimate of drug-likeness (QED) is 0.380. The van der Waals surface area contributed by atoms with E-state index in [1.807, 2.05) is 55.5 Å². The Kier molecular flexibility index (Phi) is 7.67. The van der Waals surface area contributed by atoms with Crippen molar-refractivity contribution in [3.63, 3.8) is 0 Å². The van der Waals surface area contributed by atoms with E-state index in [-0.39, 0.29) is 29.1 Å². The van der Waals surface area contributed by atoms with Crippen molar-refractivity contribution in [3.05, 3.63) is 70.0 Å². The van der Waals surface area contributed by atoms with Gasteiger partial charge in [0.15, 0.2) is 5.03 Å². The highest BCUT2D eigenvalue weighted by Gasteiger charge is 2.28. The molecular formula is C26H29N3O4S. The van der Waals surface area contributed by atoms with Gasteiger partial charge in [-0.25, -0.2) is 4.98 Å². The molecule has 0 atom stereocenters. The monoisotopic (exact) mass is 479 g/mol. The molecule has 0 saturated carbocycles. The van der Waals surface area contributed by atoms with E-state index >= 15 is 0 Å². The number of nitrogens with zero attached hydrogens (tertiary/aromatic N) is 3. The van der Waals surface area contributed by atoms with Crippen LogP contribution in [0.1, 0.15) is 30.9 Å². The highest BCUT2D eigenvalue weighted by atomic mass is 32.2. The predicted octanol–water partition coefficient (Wildman–Crippen LogP) is 3.65. The zero-order chi connectivity index (χ0) is 24.1. The van der Waals surface area contributed by atoms with Crippen LogP contribution in [0.3, 0.4) is 0 Å². The van der Waals surface area contributed by atoms with Gasteiger partial charge in [-0.3, -0.25) is 19.0 Å². The summed E-state index contributed by atoms with van der Waals surface area (Å²) in [6.45, 7) is 5.67. The molecule has 1 amide bonds. The second-order valence-corrected chi connectivity index (χ2v) is 9.44. The number of thioether (sulfide) groups is 1. The van der Waals surface area contributed by atoms with Crippen LogP contribution in [0.4, 0.5) is 0 Å². The number of carbonyl (C=O) groups excluding carboxylic acids is 2. The van der Waals surface area contributed by atoms with E-state index in [1.54, 1.807) is 16.4 Å². The highest BCUT2D eigenvalue weighted by Crippen LogP contribution is 2.22. The van der Waals surface area contributed by atoms with Crippen LogP contribution in [-0.2, 0) is 20.9 Å². The van der Waals surface area contributed by atoms with E-state index in [1.165, 1.54) is 11.8 Å². The third-order valence-electron chi connectivity index (χ3n) is 6.08. The molecule has 1 aliphatic rings. The largest absolute Gasteiger partial charge is 0.466 e. The van der Waals surface area contributed by atoms with Crippen LogP contribution in [0.15, 0.2) is 58.4 Å². The molecule has 0 spiro atoms. The summed E-state index contributed by atoms with van der Waals surface area (Å²) < 4.78 is 6.83. The van der Waals surface area contributed by atoms with Crippen molar-refractivity contribution in [2.75, 3.05) is 25.4 Å². The Hall–Kier alpha value is -3.13. The Morgan fingerprint density at radius 2 is 1.79 bits per heavy atom. The molecule has 0 N–H and O–H groups in total. The number of hydrogen-bond acceptors (Lipinski definition) is 6. The van der Waals surface area contributed by atoms with Gasteiger partial charge in [0.05, 0.1) is 35.9 Å². The number of ether oxygens (including phenoxy) is 1. The van der Waals surface area contributed by atoms with Crippen LogP contribution in [0.5, 0.6) is 0 Å². The maximum atomic E-state index is 13.3. The van der Waals surface area contributed by atoms with Gasteiger partial charge in [-0.05, 0) is 44.4 Å². The number of fused-ring (bicyclic) bond motifs is 1. The fourth-order valence-corrected chi connectivity index (χ4v) is 4.98. The van der Waals surface area contributed by atoms with Crippen molar-refractivity contribution < 1.29 is 14.3 Å². The average Bonchev–Trinajstić information content (AvgIpc) is 2.86. The van der Waals surface area contributed by atoms with Crippen LogP contribution >= 0.6 is 11.8 Å². The Balaban J connectivity index is 1.47. The summed E-state index contributed by atoms with van der Waals surface area (Å²) in [4.78, 5) is 44.4. The summed E-state index contributed by atoms with van der Waals surface area (Å²) in [6, 6.07) is 15.7. The minimum absolute atomic E-state index is 0.0493. The van der Waals surface area contributed by atoms with Crippen LogP contribution < -0.4 is 5.56 Å². The fraction of sp³-hybridized carbons (Fsp3) is 0.385. The molecule has 4 rings (SSSR count). The third kappa shape index (κ3) is 5.50. The lowest BCUT2D eigenvalue weighted by atomic mass is 9.97. The van der Waals surface area contributed by atoms with E-state index in [2.05, 4.69) is 4.98 Å². The van der Waals surface area contributed by atoms with E-state index in [0.717, 1.165) is 22.2 Å². The molecule has 1 aliphatic heterocycles. The molecule has 0 bridgehead atoms. The SMILES string of the molecule is CCOC(=O)C1CCN(C(=O)CSc2nc3ccccc3n(Cc3ccc(C)cc3)c2=O)CC1. The first kappa shape index (κ1) is 24.0. The van der Waals surface area contributed by atoms with Crippen molar-refractivity contribution in [1.82, 2.24) is 14.5 Å². The Labute approximate surface area is 203 Å². The zero-order valence-electron chi connectivity index (χ0n) is 19.5. The number of hydrogen-bond donors (Lipinski definition) is 0. The molecule has 7 nitrogen and oxygen atoms in total. The number of para-hydroxylation sites is 2. The van der Waals surface area contributed by atoms with E-state index in [0.29, 0.717) is 44.1 Å². The highest BCUT2D eigenvalue weighted by molar-refractivity contribution is 7.99. The molecule has 178 valence electrons. The van der Waals surface area contributed by atoms with Gasteiger partial charge in [-0.2, -0.15) is 0 Å². The molecular weight excluding hydrogens is 450 g/mol. The Morgan fingerprint density at radius 1 is 1.09 bits per heavy atom. The van der Waals surface area contributed by atoms with E-state index < -0.39 is 0 Å². The molecule has 2 heterocycles. The van der Waals surface area contributed by atoms with Gasteiger partial charge >= 0.3 is 5.97 Å². The lowest BCUT2D eigenvalue weighted by Gasteiger charge is -2.30. The molecule has 2 aromatic carbocycles. The summed E-state index contributed by atoms with van der Waals surface area (Å²) in [5.74, 6) is -0.243. The van der Waals surface area contributed by atoms with Gasteiger partial charge in [0.2, 0.25) is 5.91 Å². The summed E-state index contributed by atoms with van der Waals surface area (Å²) in [5.41, 5.74) is 3.49. The molecule has 3 aromatic rings. The Morgan fingerprint density at radius 3 is 2.50 bits per heavy atom. The zero-order valence-corrected chi connectivity index (χ0v) is 20.3. The lowest BCUT2D eigenvalue weighted by molar-refractivity contribution is -0.151. The minimum Gasteiger partial charge on any atom is -0.466 e. The van der Waals surface area contributed by atoms with Gasteiger partial charge < -0.3 is 9.64 Å². The number of likely N-dealkylation sites (tertiary alicyclic amines) is 1. The van der Waals surface area contributed by atoms with Crippen LogP contribution in [-0.4, -0.2) is 51.8 Å². The number of carbonyl (C=O) groups is 2. The Bertz CT molecular complexity index is 1230. The third-order valence-corrected chi connectivity index (χ3v) is 7.01. The molecule has 34 heavy (non-hydrogen) atoms. The normalized spacial score (nSPS) is 14.4. The molecule has 8 heteroatoms. The van der Waals surface area contributed by atoms with Gasteiger partial charge in [0.1, 0.15) is 0 Å². The van der Waals surface area contributed by atoms with Crippen LogP contribution in [0.2, 0.25) is 0 Å². The molecule has 1 saturated heterocycles. The fourth-order valence-electron chi connectivity index (χ4n) is 4.14. The summed E-state index contributed by atoms with van der Waals surface area (Å²) in [6.07, 6.45) is 1.21. The molecule has 0 aliphatic carbocycles. The van der Waals surface area contributed by atoms with Crippen molar-refractivity contribution in [3.8, 4) is 0 Å².